The summed E-state index contributed by atoms with van der Waals surface area (Å²) in [6.45, 7) is 1.14. The Bertz CT molecular complexity index is 937. The summed E-state index contributed by atoms with van der Waals surface area (Å²) in [5.41, 5.74) is 3.56. The van der Waals surface area contributed by atoms with Crippen molar-refractivity contribution < 1.29 is 9.32 Å². The van der Waals surface area contributed by atoms with Gasteiger partial charge in [0.25, 0.3) is 5.91 Å². The molecule has 0 bridgehead atoms. The van der Waals surface area contributed by atoms with Gasteiger partial charge in [0.05, 0.1) is 17.8 Å². The maximum atomic E-state index is 12.9. The maximum absolute atomic E-state index is 12.9. The van der Waals surface area contributed by atoms with E-state index in [1.165, 1.54) is 0 Å². The van der Waals surface area contributed by atoms with Crippen LogP contribution >= 0.6 is 34.2 Å². The van der Waals surface area contributed by atoms with E-state index >= 15 is 0 Å². The molecule has 6 heteroatoms. The molecule has 0 saturated carbocycles. The van der Waals surface area contributed by atoms with E-state index in [4.69, 9.17) is 16.1 Å². The Morgan fingerprint density at radius 2 is 1.92 bits per heavy atom. The third-order valence-electron chi connectivity index (χ3n) is 4.33. The number of carbonyl (C=O) groups excluding carboxylic acids is 1. The number of hydrogen-bond donors (Lipinski definition) is 0. The van der Waals surface area contributed by atoms with Crippen molar-refractivity contribution in [3.05, 3.63) is 73.9 Å². The molecule has 0 spiro atoms. The number of amides is 1. The Kier molecular flexibility index (Phi) is 4.52. The van der Waals surface area contributed by atoms with Gasteiger partial charge in [-0.1, -0.05) is 28.9 Å². The summed E-state index contributed by atoms with van der Waals surface area (Å²) in [6.07, 6.45) is 0.696. The van der Waals surface area contributed by atoms with Crippen LogP contribution in [0.3, 0.4) is 0 Å². The number of fused-ring (bicyclic) bond motifs is 1. The lowest BCUT2D eigenvalue weighted by molar-refractivity contribution is 0.0733. The number of nitrogens with zero attached hydrogens (tertiary/aromatic N) is 2. The van der Waals surface area contributed by atoms with Gasteiger partial charge in [-0.3, -0.25) is 4.79 Å². The predicted octanol–water partition coefficient (Wildman–Crippen LogP) is 4.80. The molecule has 0 radical (unpaired) electrons. The van der Waals surface area contributed by atoms with Crippen molar-refractivity contribution in [2.45, 2.75) is 13.0 Å². The average Bonchev–Trinajstić information content (AvgIpc) is 3.05. The SMILES string of the molecule is O=C(c1ccccc1I)N1CCc2noc(-c3ccc(Cl)cc3)c2C1. The topological polar surface area (TPSA) is 46.3 Å². The molecule has 2 heterocycles. The highest BCUT2D eigenvalue weighted by atomic mass is 127. The largest absolute Gasteiger partial charge is 0.356 e. The monoisotopic (exact) mass is 464 g/mol. The zero-order valence-electron chi connectivity index (χ0n) is 13.2. The summed E-state index contributed by atoms with van der Waals surface area (Å²) in [5, 5.41) is 4.87. The molecule has 0 atom stereocenters. The number of benzene rings is 2. The molecule has 3 aromatic rings. The Labute approximate surface area is 163 Å². The second-order valence-electron chi connectivity index (χ2n) is 5.90. The first-order valence-electron chi connectivity index (χ1n) is 7.90. The van der Waals surface area contributed by atoms with Gasteiger partial charge in [-0.15, -0.1) is 0 Å². The third kappa shape index (κ3) is 3.18. The van der Waals surface area contributed by atoms with Gasteiger partial charge in [0.15, 0.2) is 5.76 Å². The molecule has 25 heavy (non-hydrogen) atoms. The standard InChI is InChI=1S/C19H14ClIN2O2/c20-13-7-5-12(6-8-13)18-15-11-23(10-9-17(15)22-25-18)19(24)14-3-1-2-4-16(14)21/h1-8H,9-11H2. The minimum Gasteiger partial charge on any atom is -0.356 e. The molecule has 126 valence electrons. The summed E-state index contributed by atoms with van der Waals surface area (Å²) < 4.78 is 6.53. The van der Waals surface area contributed by atoms with Crippen molar-refractivity contribution in [3.8, 4) is 11.3 Å². The molecular weight excluding hydrogens is 451 g/mol. The average molecular weight is 465 g/mol. The lowest BCUT2D eigenvalue weighted by Gasteiger charge is -2.26. The highest BCUT2D eigenvalue weighted by Gasteiger charge is 2.28. The molecule has 1 aliphatic rings. The van der Waals surface area contributed by atoms with E-state index in [2.05, 4.69) is 27.7 Å². The summed E-state index contributed by atoms with van der Waals surface area (Å²) in [6, 6.07) is 15.1. The second kappa shape index (κ2) is 6.80. The molecule has 4 rings (SSSR count). The van der Waals surface area contributed by atoms with Crippen molar-refractivity contribution in [3.63, 3.8) is 0 Å². The Morgan fingerprint density at radius 3 is 2.68 bits per heavy atom. The van der Waals surface area contributed by atoms with Crippen LogP contribution in [0.25, 0.3) is 11.3 Å². The number of aromatic nitrogens is 1. The Morgan fingerprint density at radius 1 is 1.16 bits per heavy atom. The van der Waals surface area contributed by atoms with Crippen LogP contribution in [0.15, 0.2) is 53.1 Å². The molecule has 1 amide bonds. The molecule has 0 fully saturated rings. The first-order valence-corrected chi connectivity index (χ1v) is 9.36. The molecule has 1 aliphatic heterocycles. The van der Waals surface area contributed by atoms with E-state index in [0.29, 0.717) is 30.3 Å². The molecule has 2 aromatic carbocycles. The fourth-order valence-corrected chi connectivity index (χ4v) is 3.76. The van der Waals surface area contributed by atoms with Gasteiger partial charge in [-0.25, -0.2) is 0 Å². The first-order chi connectivity index (χ1) is 12.1. The summed E-state index contributed by atoms with van der Waals surface area (Å²) in [4.78, 5) is 14.8. The Balaban J connectivity index is 1.65. The van der Waals surface area contributed by atoms with Crippen LogP contribution in [0.4, 0.5) is 0 Å². The van der Waals surface area contributed by atoms with E-state index in [1.54, 1.807) is 0 Å². The second-order valence-corrected chi connectivity index (χ2v) is 7.50. The molecule has 0 unspecified atom stereocenters. The van der Waals surface area contributed by atoms with Crippen LogP contribution in [0, 0.1) is 3.57 Å². The van der Waals surface area contributed by atoms with Crippen molar-refractivity contribution in [1.82, 2.24) is 10.1 Å². The number of rotatable bonds is 2. The maximum Gasteiger partial charge on any atom is 0.255 e. The summed E-state index contributed by atoms with van der Waals surface area (Å²) in [5.74, 6) is 0.755. The number of hydrogen-bond acceptors (Lipinski definition) is 3. The minimum atomic E-state index is 0.0407. The zero-order chi connectivity index (χ0) is 17.4. The van der Waals surface area contributed by atoms with E-state index in [0.717, 1.165) is 26.0 Å². The van der Waals surface area contributed by atoms with Crippen LogP contribution in [0.1, 0.15) is 21.6 Å². The molecular formula is C19H14ClIN2O2. The molecule has 0 N–H and O–H groups in total. The van der Waals surface area contributed by atoms with Gasteiger partial charge in [-0.2, -0.15) is 0 Å². The van der Waals surface area contributed by atoms with Gasteiger partial charge < -0.3 is 9.42 Å². The quantitative estimate of drug-likeness (QED) is 0.512. The Hall–Kier alpha value is -1.86. The lowest BCUT2D eigenvalue weighted by atomic mass is 10.0. The number of halogens is 2. The molecule has 1 aromatic heterocycles. The highest BCUT2D eigenvalue weighted by Crippen LogP contribution is 2.31. The van der Waals surface area contributed by atoms with Gasteiger partial charge in [0.2, 0.25) is 0 Å². The van der Waals surface area contributed by atoms with Crippen molar-refractivity contribution in [1.29, 1.82) is 0 Å². The van der Waals surface area contributed by atoms with Crippen LogP contribution in [0.5, 0.6) is 0 Å². The van der Waals surface area contributed by atoms with Crippen molar-refractivity contribution in [2.75, 3.05) is 6.54 Å². The predicted molar refractivity (Wildman–Crippen MR) is 105 cm³/mol. The first kappa shape index (κ1) is 16.6. The highest BCUT2D eigenvalue weighted by molar-refractivity contribution is 14.1. The van der Waals surface area contributed by atoms with E-state index in [9.17, 15) is 4.79 Å². The fourth-order valence-electron chi connectivity index (χ4n) is 3.02. The van der Waals surface area contributed by atoms with E-state index < -0.39 is 0 Å². The normalized spacial score (nSPS) is 13.6. The number of carbonyl (C=O) groups is 1. The fraction of sp³-hybridized carbons (Fsp3) is 0.158. The molecule has 4 nitrogen and oxygen atoms in total. The van der Waals surface area contributed by atoms with Crippen molar-refractivity contribution >= 4 is 40.1 Å². The van der Waals surface area contributed by atoms with Crippen molar-refractivity contribution in [2.24, 2.45) is 0 Å². The van der Waals surface area contributed by atoms with E-state index in [-0.39, 0.29) is 5.91 Å². The van der Waals surface area contributed by atoms with Gasteiger partial charge in [-0.05, 0) is 59.0 Å². The molecule has 0 aliphatic carbocycles. The molecule has 0 saturated heterocycles. The lowest BCUT2D eigenvalue weighted by Crippen LogP contribution is -2.36. The summed E-state index contributed by atoms with van der Waals surface area (Å²) in [7, 11) is 0. The van der Waals surface area contributed by atoms with Crippen LogP contribution in [0.2, 0.25) is 5.02 Å². The van der Waals surface area contributed by atoms with Gasteiger partial charge >= 0.3 is 0 Å². The van der Waals surface area contributed by atoms with Gasteiger partial charge in [0, 0.05) is 32.7 Å². The van der Waals surface area contributed by atoms with E-state index in [1.807, 2.05) is 53.4 Å². The zero-order valence-corrected chi connectivity index (χ0v) is 16.1. The summed E-state index contributed by atoms with van der Waals surface area (Å²) >= 11 is 8.16. The smallest absolute Gasteiger partial charge is 0.255 e. The minimum absolute atomic E-state index is 0.0407. The van der Waals surface area contributed by atoms with Crippen LogP contribution in [-0.4, -0.2) is 22.5 Å². The van der Waals surface area contributed by atoms with Gasteiger partial charge in [0.1, 0.15) is 0 Å². The van der Waals surface area contributed by atoms with Crippen LogP contribution in [-0.2, 0) is 13.0 Å². The third-order valence-corrected chi connectivity index (χ3v) is 5.53. The van der Waals surface area contributed by atoms with Crippen LogP contribution < -0.4 is 0 Å².